The predicted molar refractivity (Wildman–Crippen MR) is 45.5 cm³/mol. The monoisotopic (exact) mass is 237 g/mol. The Morgan fingerprint density at radius 3 is 2.19 bits per heavy atom. The summed E-state index contributed by atoms with van der Waals surface area (Å²) in [5.41, 5.74) is -0.824. The van der Waals surface area contributed by atoms with Gasteiger partial charge in [0.25, 0.3) is 0 Å². The zero-order valence-corrected chi connectivity index (χ0v) is 8.25. The molecule has 16 heavy (non-hydrogen) atoms. The molecule has 1 saturated carbocycles. The molecule has 0 bridgehead atoms. The third kappa shape index (κ3) is 1.37. The van der Waals surface area contributed by atoms with Gasteiger partial charge in [-0.05, 0) is 19.3 Å². The number of alkyl halides is 3. The Morgan fingerprint density at radius 2 is 1.88 bits per heavy atom. The number of carboxylic acids is 1. The topological polar surface area (TPSA) is 57.6 Å². The molecule has 4 nitrogen and oxygen atoms in total. The van der Waals surface area contributed by atoms with Gasteiger partial charge in [0.1, 0.15) is 6.04 Å². The van der Waals surface area contributed by atoms with E-state index in [0.29, 0.717) is 17.7 Å². The molecular weight excluding hydrogens is 227 g/mol. The van der Waals surface area contributed by atoms with Crippen molar-refractivity contribution in [1.29, 1.82) is 0 Å². The van der Waals surface area contributed by atoms with Crippen LogP contribution in [0.5, 0.6) is 0 Å². The maximum atomic E-state index is 12.3. The number of nitrogens with zero attached hydrogens (tertiary/aromatic N) is 1. The van der Waals surface area contributed by atoms with Crippen LogP contribution < -0.4 is 0 Å². The summed E-state index contributed by atoms with van der Waals surface area (Å²) in [7, 11) is 0. The fraction of sp³-hybridized carbons (Fsp3) is 0.778. The second-order valence-corrected chi connectivity index (χ2v) is 4.31. The van der Waals surface area contributed by atoms with Crippen molar-refractivity contribution in [3.05, 3.63) is 0 Å². The smallest absolute Gasteiger partial charge is 0.471 e. The number of aliphatic carboxylic acids is 1. The molecule has 0 aromatic carbocycles. The highest BCUT2D eigenvalue weighted by molar-refractivity contribution is 5.90. The molecule has 2 fully saturated rings. The number of likely N-dealkylation sites (tertiary alicyclic amines) is 1. The lowest BCUT2D eigenvalue weighted by Gasteiger charge is -2.61. The highest BCUT2D eigenvalue weighted by Gasteiger charge is 2.63. The number of carbonyl (C=O) groups excluding carboxylic acids is 1. The van der Waals surface area contributed by atoms with E-state index in [1.54, 1.807) is 0 Å². The molecule has 1 atom stereocenters. The minimum Gasteiger partial charge on any atom is -0.480 e. The van der Waals surface area contributed by atoms with Crippen molar-refractivity contribution in [2.75, 3.05) is 0 Å². The van der Waals surface area contributed by atoms with E-state index in [2.05, 4.69) is 0 Å². The summed E-state index contributed by atoms with van der Waals surface area (Å²) in [4.78, 5) is 22.3. The van der Waals surface area contributed by atoms with Crippen LogP contribution in [0, 0.1) is 0 Å². The molecule has 0 aromatic rings. The van der Waals surface area contributed by atoms with E-state index < -0.39 is 29.6 Å². The summed E-state index contributed by atoms with van der Waals surface area (Å²) >= 11 is 0. The van der Waals surface area contributed by atoms with Crippen LogP contribution in [0.3, 0.4) is 0 Å². The van der Waals surface area contributed by atoms with Gasteiger partial charge in [-0.25, -0.2) is 4.79 Å². The SMILES string of the molecule is O=C(O)C1CC2(CCC2)N1C(=O)C(F)(F)F. The highest BCUT2D eigenvalue weighted by Crippen LogP contribution is 2.51. The standard InChI is InChI=1S/C9H10F3NO3/c10-9(11,12)7(16)13-5(6(14)15)4-8(13)2-1-3-8/h5H,1-4H2,(H,14,15). The number of carboxylic acid groups (broad SMARTS) is 1. The summed E-state index contributed by atoms with van der Waals surface area (Å²) < 4.78 is 36.8. The molecule has 2 rings (SSSR count). The van der Waals surface area contributed by atoms with Gasteiger partial charge in [-0.1, -0.05) is 0 Å². The van der Waals surface area contributed by atoms with Crippen LogP contribution in [-0.2, 0) is 9.59 Å². The van der Waals surface area contributed by atoms with E-state index in [4.69, 9.17) is 5.11 Å². The van der Waals surface area contributed by atoms with E-state index in [-0.39, 0.29) is 6.42 Å². The van der Waals surface area contributed by atoms with E-state index in [9.17, 15) is 22.8 Å². The normalized spacial score (nSPS) is 27.2. The van der Waals surface area contributed by atoms with Gasteiger partial charge >= 0.3 is 18.1 Å². The van der Waals surface area contributed by atoms with Crippen LogP contribution in [0.25, 0.3) is 0 Å². The van der Waals surface area contributed by atoms with Crippen LogP contribution in [0.1, 0.15) is 25.7 Å². The fourth-order valence-electron chi connectivity index (χ4n) is 2.49. The van der Waals surface area contributed by atoms with Crippen LogP contribution in [0.15, 0.2) is 0 Å². The minimum atomic E-state index is -4.99. The average Bonchev–Trinajstić information content (AvgIpc) is 1.96. The zero-order chi connectivity index (χ0) is 12.1. The van der Waals surface area contributed by atoms with Crippen LogP contribution in [-0.4, -0.2) is 39.6 Å². The first-order valence-electron chi connectivity index (χ1n) is 4.91. The summed E-state index contributed by atoms with van der Waals surface area (Å²) in [6.07, 6.45) is -3.16. The molecule has 1 amide bonds. The lowest BCUT2D eigenvalue weighted by Crippen LogP contribution is -2.74. The molecule has 1 aliphatic heterocycles. The maximum absolute atomic E-state index is 12.3. The van der Waals surface area contributed by atoms with Gasteiger partial charge in [-0.2, -0.15) is 13.2 Å². The maximum Gasteiger partial charge on any atom is 0.471 e. The van der Waals surface area contributed by atoms with Gasteiger partial charge in [0.2, 0.25) is 0 Å². The van der Waals surface area contributed by atoms with Crippen molar-refractivity contribution in [1.82, 2.24) is 4.90 Å². The molecule has 1 unspecified atom stereocenters. The van der Waals surface area contributed by atoms with Gasteiger partial charge in [0.15, 0.2) is 0 Å². The lowest BCUT2D eigenvalue weighted by molar-refractivity contribution is -0.219. The Labute approximate surface area is 89.0 Å². The molecule has 1 spiro atoms. The quantitative estimate of drug-likeness (QED) is 0.744. The largest absolute Gasteiger partial charge is 0.480 e. The van der Waals surface area contributed by atoms with E-state index in [0.717, 1.165) is 6.42 Å². The van der Waals surface area contributed by atoms with Crippen LogP contribution >= 0.6 is 0 Å². The Morgan fingerprint density at radius 1 is 1.31 bits per heavy atom. The van der Waals surface area contributed by atoms with Gasteiger partial charge < -0.3 is 10.0 Å². The number of halogens is 3. The summed E-state index contributed by atoms with van der Waals surface area (Å²) in [5, 5.41) is 8.71. The van der Waals surface area contributed by atoms with Crippen molar-refractivity contribution in [3.8, 4) is 0 Å². The van der Waals surface area contributed by atoms with E-state index in [1.807, 2.05) is 0 Å². The Balaban J connectivity index is 2.20. The average molecular weight is 237 g/mol. The Hall–Kier alpha value is -1.27. The second kappa shape index (κ2) is 3.11. The third-order valence-corrected chi connectivity index (χ3v) is 3.43. The fourth-order valence-corrected chi connectivity index (χ4v) is 2.49. The van der Waals surface area contributed by atoms with Crippen molar-refractivity contribution in [3.63, 3.8) is 0 Å². The molecule has 0 aromatic heterocycles. The molecule has 0 radical (unpaired) electrons. The molecule has 7 heteroatoms. The summed E-state index contributed by atoms with van der Waals surface area (Å²) in [6.45, 7) is 0. The minimum absolute atomic E-state index is 0.143. The third-order valence-electron chi connectivity index (χ3n) is 3.43. The van der Waals surface area contributed by atoms with Crippen LogP contribution in [0.2, 0.25) is 0 Å². The second-order valence-electron chi connectivity index (χ2n) is 4.31. The van der Waals surface area contributed by atoms with Crippen molar-refractivity contribution < 1.29 is 27.9 Å². The first kappa shape index (κ1) is 11.2. The molecular formula is C9H10F3NO3. The van der Waals surface area contributed by atoms with Gasteiger partial charge in [0, 0.05) is 12.0 Å². The van der Waals surface area contributed by atoms with Crippen molar-refractivity contribution in [2.45, 2.75) is 43.4 Å². The van der Waals surface area contributed by atoms with Gasteiger partial charge in [-0.3, -0.25) is 4.79 Å². The van der Waals surface area contributed by atoms with E-state index >= 15 is 0 Å². The van der Waals surface area contributed by atoms with Crippen LogP contribution in [0.4, 0.5) is 13.2 Å². The molecule has 1 saturated heterocycles. The summed E-state index contributed by atoms with van der Waals surface area (Å²) in [6, 6.07) is -1.31. The van der Waals surface area contributed by atoms with Gasteiger partial charge in [0.05, 0.1) is 0 Å². The predicted octanol–water partition coefficient (Wildman–Crippen LogP) is 1.16. The molecule has 90 valence electrons. The molecule has 2 aliphatic rings. The number of carbonyl (C=O) groups is 2. The molecule has 1 heterocycles. The number of amides is 1. The first-order valence-corrected chi connectivity index (χ1v) is 4.91. The van der Waals surface area contributed by atoms with E-state index in [1.165, 1.54) is 0 Å². The lowest BCUT2D eigenvalue weighted by atomic mass is 9.64. The Kier molecular flexibility index (Phi) is 2.18. The van der Waals surface area contributed by atoms with Gasteiger partial charge in [-0.15, -0.1) is 0 Å². The van der Waals surface area contributed by atoms with Crippen molar-refractivity contribution >= 4 is 11.9 Å². The van der Waals surface area contributed by atoms with Crippen molar-refractivity contribution in [2.24, 2.45) is 0 Å². The Bertz CT molecular complexity index is 348. The highest BCUT2D eigenvalue weighted by atomic mass is 19.4. The number of hydrogen-bond acceptors (Lipinski definition) is 2. The number of rotatable bonds is 1. The molecule has 1 N–H and O–H groups in total. The summed E-state index contributed by atoms with van der Waals surface area (Å²) in [5.74, 6) is -3.39. The zero-order valence-electron chi connectivity index (χ0n) is 8.25. The first-order chi connectivity index (χ1) is 7.28. The number of hydrogen-bond donors (Lipinski definition) is 1. The molecule has 1 aliphatic carbocycles.